The SMILES string of the molecule is NCCCC1CCC2(CC1)OCCO2. The first-order valence-corrected chi connectivity index (χ1v) is 5.83. The molecule has 1 spiro atoms. The summed E-state index contributed by atoms with van der Waals surface area (Å²) in [6.07, 6.45) is 7.12. The van der Waals surface area contributed by atoms with Gasteiger partial charge in [-0.05, 0) is 38.1 Å². The molecule has 1 saturated heterocycles. The third-order valence-electron chi connectivity index (χ3n) is 3.50. The molecule has 14 heavy (non-hydrogen) atoms. The highest BCUT2D eigenvalue weighted by Crippen LogP contribution is 2.39. The number of hydrogen-bond acceptors (Lipinski definition) is 3. The molecule has 3 nitrogen and oxygen atoms in total. The maximum atomic E-state index is 5.69. The van der Waals surface area contributed by atoms with Crippen molar-refractivity contribution in [1.29, 1.82) is 0 Å². The molecule has 0 aromatic rings. The van der Waals surface area contributed by atoms with E-state index in [1.807, 2.05) is 0 Å². The van der Waals surface area contributed by atoms with Gasteiger partial charge in [0.15, 0.2) is 5.79 Å². The predicted octanol–water partition coefficient (Wildman–Crippen LogP) is 1.66. The average Bonchev–Trinajstić information content (AvgIpc) is 2.66. The van der Waals surface area contributed by atoms with Crippen LogP contribution in [0.5, 0.6) is 0 Å². The summed E-state index contributed by atoms with van der Waals surface area (Å²) in [5.74, 6) is 0.677. The van der Waals surface area contributed by atoms with Crippen LogP contribution in [0.25, 0.3) is 0 Å². The third-order valence-corrected chi connectivity index (χ3v) is 3.50. The molecule has 1 heterocycles. The molecule has 0 radical (unpaired) electrons. The van der Waals surface area contributed by atoms with Gasteiger partial charge in [0.25, 0.3) is 0 Å². The molecule has 0 aromatic heterocycles. The maximum absolute atomic E-state index is 5.69. The summed E-state index contributed by atoms with van der Waals surface area (Å²) in [7, 11) is 0. The molecule has 1 aliphatic carbocycles. The summed E-state index contributed by atoms with van der Waals surface area (Å²) in [5, 5.41) is 0. The van der Waals surface area contributed by atoms with E-state index >= 15 is 0 Å². The summed E-state index contributed by atoms with van der Waals surface area (Å²) in [5.41, 5.74) is 5.51. The molecule has 0 unspecified atom stereocenters. The highest BCUT2D eigenvalue weighted by atomic mass is 16.7. The summed E-state index contributed by atoms with van der Waals surface area (Å²) >= 11 is 0. The van der Waals surface area contributed by atoms with Crippen LogP contribution in [0.4, 0.5) is 0 Å². The summed E-state index contributed by atoms with van der Waals surface area (Å²) in [6, 6.07) is 0. The minimum absolute atomic E-state index is 0.181. The van der Waals surface area contributed by atoms with E-state index in [1.165, 1.54) is 25.7 Å². The monoisotopic (exact) mass is 199 g/mol. The number of hydrogen-bond donors (Lipinski definition) is 1. The van der Waals surface area contributed by atoms with Crippen LogP contribution in [0.15, 0.2) is 0 Å². The van der Waals surface area contributed by atoms with Crippen molar-refractivity contribution in [3.63, 3.8) is 0 Å². The van der Waals surface area contributed by atoms with Crippen LogP contribution in [0.1, 0.15) is 38.5 Å². The van der Waals surface area contributed by atoms with E-state index in [2.05, 4.69) is 0 Å². The third kappa shape index (κ3) is 2.27. The molecule has 0 aromatic carbocycles. The van der Waals surface area contributed by atoms with Crippen molar-refractivity contribution in [3.05, 3.63) is 0 Å². The van der Waals surface area contributed by atoms with Gasteiger partial charge in [-0.1, -0.05) is 0 Å². The molecule has 2 fully saturated rings. The van der Waals surface area contributed by atoms with E-state index in [-0.39, 0.29) is 5.79 Å². The minimum atomic E-state index is -0.181. The molecule has 3 heteroatoms. The molecule has 0 amide bonds. The number of ether oxygens (including phenoxy) is 2. The van der Waals surface area contributed by atoms with Crippen molar-refractivity contribution >= 4 is 0 Å². The fourth-order valence-corrected chi connectivity index (χ4v) is 2.60. The average molecular weight is 199 g/mol. The topological polar surface area (TPSA) is 44.5 Å². The van der Waals surface area contributed by atoms with Crippen LogP contribution in [-0.2, 0) is 9.47 Å². The second-order valence-electron chi connectivity index (χ2n) is 4.48. The minimum Gasteiger partial charge on any atom is -0.348 e. The van der Waals surface area contributed by atoms with Crippen molar-refractivity contribution in [2.24, 2.45) is 11.7 Å². The van der Waals surface area contributed by atoms with Gasteiger partial charge in [0, 0.05) is 12.8 Å². The Hall–Kier alpha value is -0.120. The molecule has 2 aliphatic rings. The molecule has 1 aliphatic heterocycles. The molecule has 2 N–H and O–H groups in total. The first kappa shape index (κ1) is 10.4. The summed E-state index contributed by atoms with van der Waals surface area (Å²) in [6.45, 7) is 2.40. The zero-order valence-electron chi connectivity index (χ0n) is 8.84. The lowest BCUT2D eigenvalue weighted by Gasteiger charge is -2.35. The van der Waals surface area contributed by atoms with Crippen molar-refractivity contribution in [2.45, 2.75) is 44.3 Å². The lowest BCUT2D eigenvalue weighted by molar-refractivity contribution is -0.182. The fourth-order valence-electron chi connectivity index (χ4n) is 2.60. The zero-order chi connectivity index (χ0) is 9.86. The molecular weight excluding hydrogens is 178 g/mol. The molecule has 82 valence electrons. The maximum Gasteiger partial charge on any atom is 0.168 e. The van der Waals surface area contributed by atoms with Crippen LogP contribution in [0.3, 0.4) is 0 Å². The van der Waals surface area contributed by atoms with E-state index in [0.717, 1.165) is 38.5 Å². The molecule has 0 atom stereocenters. The van der Waals surface area contributed by atoms with Crippen LogP contribution >= 0.6 is 0 Å². The molecule has 0 bridgehead atoms. The Balaban J connectivity index is 1.74. The number of nitrogens with two attached hydrogens (primary N) is 1. The fraction of sp³-hybridized carbons (Fsp3) is 1.00. The van der Waals surface area contributed by atoms with E-state index in [1.54, 1.807) is 0 Å². The smallest absolute Gasteiger partial charge is 0.168 e. The summed E-state index contributed by atoms with van der Waals surface area (Å²) in [4.78, 5) is 0. The van der Waals surface area contributed by atoms with E-state index in [9.17, 15) is 0 Å². The standard InChI is InChI=1S/C11H21NO2/c12-7-1-2-10-3-5-11(6-4-10)13-8-9-14-11/h10H,1-9,12H2. The van der Waals surface area contributed by atoms with Crippen molar-refractivity contribution in [3.8, 4) is 0 Å². The van der Waals surface area contributed by atoms with Crippen molar-refractivity contribution in [2.75, 3.05) is 19.8 Å². The second-order valence-corrected chi connectivity index (χ2v) is 4.48. The van der Waals surface area contributed by atoms with Crippen LogP contribution in [-0.4, -0.2) is 25.5 Å². The van der Waals surface area contributed by atoms with Crippen molar-refractivity contribution in [1.82, 2.24) is 0 Å². The van der Waals surface area contributed by atoms with Gasteiger partial charge in [-0.2, -0.15) is 0 Å². The molecule has 2 rings (SSSR count). The lowest BCUT2D eigenvalue weighted by atomic mass is 9.82. The first-order valence-electron chi connectivity index (χ1n) is 5.83. The normalized spacial score (nSPS) is 27.2. The first-order chi connectivity index (χ1) is 6.85. The highest BCUT2D eigenvalue weighted by molar-refractivity contribution is 4.82. The summed E-state index contributed by atoms with van der Waals surface area (Å²) < 4.78 is 11.4. The molecular formula is C11H21NO2. The van der Waals surface area contributed by atoms with Crippen LogP contribution in [0.2, 0.25) is 0 Å². The lowest BCUT2D eigenvalue weighted by Crippen LogP contribution is -2.35. The van der Waals surface area contributed by atoms with Gasteiger partial charge in [0.2, 0.25) is 0 Å². The van der Waals surface area contributed by atoms with Gasteiger partial charge in [-0.15, -0.1) is 0 Å². The van der Waals surface area contributed by atoms with Crippen LogP contribution in [0, 0.1) is 5.92 Å². The van der Waals surface area contributed by atoms with E-state index in [4.69, 9.17) is 15.2 Å². The van der Waals surface area contributed by atoms with Crippen molar-refractivity contribution < 1.29 is 9.47 Å². The van der Waals surface area contributed by atoms with E-state index in [0.29, 0.717) is 0 Å². The van der Waals surface area contributed by atoms with E-state index < -0.39 is 0 Å². The van der Waals surface area contributed by atoms with Gasteiger partial charge in [-0.25, -0.2) is 0 Å². The highest BCUT2D eigenvalue weighted by Gasteiger charge is 2.39. The Kier molecular flexibility index (Phi) is 3.42. The van der Waals surface area contributed by atoms with Gasteiger partial charge < -0.3 is 15.2 Å². The predicted molar refractivity (Wildman–Crippen MR) is 54.9 cm³/mol. The van der Waals surface area contributed by atoms with Gasteiger partial charge in [-0.3, -0.25) is 0 Å². The number of rotatable bonds is 3. The quantitative estimate of drug-likeness (QED) is 0.751. The zero-order valence-corrected chi connectivity index (χ0v) is 8.84. The Morgan fingerprint density at radius 1 is 1.14 bits per heavy atom. The Morgan fingerprint density at radius 3 is 2.36 bits per heavy atom. The Labute approximate surface area is 85.9 Å². The second kappa shape index (κ2) is 4.60. The Morgan fingerprint density at radius 2 is 1.79 bits per heavy atom. The largest absolute Gasteiger partial charge is 0.348 e. The molecule has 1 saturated carbocycles. The van der Waals surface area contributed by atoms with Gasteiger partial charge >= 0.3 is 0 Å². The van der Waals surface area contributed by atoms with Gasteiger partial charge in [0.05, 0.1) is 13.2 Å². The van der Waals surface area contributed by atoms with Gasteiger partial charge in [0.1, 0.15) is 0 Å². The Bertz CT molecular complexity index is 168. The van der Waals surface area contributed by atoms with Crippen LogP contribution < -0.4 is 5.73 Å².